The SMILES string of the molecule is Cc1cnc2nc1Nc1ccc(NC(=O)Cc3noc4ccccc34)c(c1)CCc1cccc(c1)N2. The maximum Gasteiger partial charge on any atom is 0.230 e. The molecule has 0 aliphatic carbocycles. The predicted octanol–water partition coefficient (Wildman–Crippen LogP) is 5.69. The van der Waals surface area contributed by atoms with Gasteiger partial charge in [-0.3, -0.25) is 4.79 Å². The average molecular weight is 477 g/mol. The molecule has 1 amide bonds. The molecule has 2 aromatic heterocycles. The fraction of sp³-hybridized carbons (Fsp3) is 0.143. The lowest BCUT2D eigenvalue weighted by atomic mass is 10.0. The van der Waals surface area contributed by atoms with Crippen molar-refractivity contribution in [2.24, 2.45) is 0 Å². The van der Waals surface area contributed by atoms with Crippen molar-refractivity contribution in [2.45, 2.75) is 26.2 Å². The topological polar surface area (TPSA) is 105 Å². The lowest BCUT2D eigenvalue weighted by molar-refractivity contribution is -0.115. The Kier molecular flexibility index (Phi) is 5.53. The van der Waals surface area contributed by atoms with Crippen LogP contribution in [0.15, 0.2) is 77.4 Å². The maximum absolute atomic E-state index is 13.0. The second kappa shape index (κ2) is 9.14. The highest BCUT2D eigenvalue weighted by Gasteiger charge is 2.15. The van der Waals surface area contributed by atoms with Crippen molar-refractivity contribution in [3.05, 3.63) is 95.3 Å². The van der Waals surface area contributed by atoms with Gasteiger partial charge in [0.1, 0.15) is 11.5 Å². The normalized spacial score (nSPS) is 12.5. The molecule has 36 heavy (non-hydrogen) atoms. The Morgan fingerprint density at radius 3 is 2.83 bits per heavy atom. The van der Waals surface area contributed by atoms with Crippen molar-refractivity contribution < 1.29 is 9.32 Å². The molecule has 0 atom stereocenters. The lowest BCUT2D eigenvalue weighted by Gasteiger charge is -2.15. The molecule has 0 spiro atoms. The standard InChI is InChI=1S/C28H24N6O2/c1-17-16-29-28-31-20-6-4-5-18(13-20)9-10-19-14-21(30-27(17)33-28)11-12-23(19)32-26(35)15-24-22-7-2-3-8-25(22)36-34-24/h2-8,11-14,16H,9-10,15H2,1H3,(H,32,35)(H2,29,30,31,33). The molecule has 0 saturated heterocycles. The molecule has 0 radical (unpaired) electrons. The summed E-state index contributed by atoms with van der Waals surface area (Å²) in [6.45, 7) is 1.97. The minimum atomic E-state index is -0.142. The zero-order valence-corrected chi connectivity index (χ0v) is 19.7. The number of amides is 1. The quantitative estimate of drug-likeness (QED) is 0.307. The molecular formula is C28H24N6O2. The fourth-order valence-electron chi connectivity index (χ4n) is 4.39. The molecule has 178 valence electrons. The number of anilines is 5. The van der Waals surface area contributed by atoms with Crippen LogP contribution in [0.25, 0.3) is 11.0 Å². The van der Waals surface area contributed by atoms with Crippen LogP contribution in [0.3, 0.4) is 0 Å². The zero-order chi connectivity index (χ0) is 24.5. The highest BCUT2D eigenvalue weighted by molar-refractivity contribution is 5.95. The number of carbonyl (C=O) groups excluding carboxylic acids is 1. The number of nitrogens with one attached hydrogen (secondary N) is 3. The molecule has 3 N–H and O–H groups in total. The number of hydrogen-bond acceptors (Lipinski definition) is 7. The summed E-state index contributed by atoms with van der Waals surface area (Å²) in [4.78, 5) is 22.1. The van der Waals surface area contributed by atoms with Crippen molar-refractivity contribution in [3.63, 3.8) is 0 Å². The zero-order valence-electron chi connectivity index (χ0n) is 19.7. The van der Waals surface area contributed by atoms with E-state index < -0.39 is 0 Å². The number of aromatic nitrogens is 3. The molecule has 3 heterocycles. The molecule has 1 aliphatic heterocycles. The Bertz CT molecular complexity index is 1590. The van der Waals surface area contributed by atoms with Crippen LogP contribution < -0.4 is 16.0 Å². The first-order chi connectivity index (χ1) is 17.6. The minimum absolute atomic E-state index is 0.132. The van der Waals surface area contributed by atoms with Crippen molar-refractivity contribution in [1.82, 2.24) is 15.1 Å². The summed E-state index contributed by atoms with van der Waals surface area (Å²) in [5.74, 6) is 1.11. The average Bonchev–Trinajstić information content (AvgIpc) is 3.28. The third kappa shape index (κ3) is 4.48. The van der Waals surface area contributed by atoms with Crippen LogP contribution in [0.1, 0.15) is 22.4 Å². The van der Waals surface area contributed by atoms with E-state index in [9.17, 15) is 4.79 Å². The smallest absolute Gasteiger partial charge is 0.230 e. The van der Waals surface area contributed by atoms with Crippen LogP contribution in [-0.4, -0.2) is 21.0 Å². The number of benzene rings is 3. The van der Waals surface area contributed by atoms with Crippen molar-refractivity contribution in [3.8, 4) is 0 Å². The summed E-state index contributed by atoms with van der Waals surface area (Å²) in [5.41, 5.74) is 7.05. The summed E-state index contributed by atoms with van der Waals surface area (Å²) in [5, 5.41) is 14.7. The Hall–Kier alpha value is -4.72. The van der Waals surface area contributed by atoms with E-state index >= 15 is 0 Å². The van der Waals surface area contributed by atoms with Crippen molar-refractivity contribution >= 4 is 45.7 Å². The van der Waals surface area contributed by atoms with Gasteiger partial charge in [-0.05, 0) is 73.4 Å². The van der Waals surface area contributed by atoms with Gasteiger partial charge in [-0.1, -0.05) is 29.4 Å². The third-order valence-corrected chi connectivity index (χ3v) is 6.26. The lowest BCUT2D eigenvalue weighted by Crippen LogP contribution is -2.16. The summed E-state index contributed by atoms with van der Waals surface area (Å²) in [6.07, 6.45) is 3.49. The van der Waals surface area contributed by atoms with Gasteiger partial charge in [0.25, 0.3) is 0 Å². The molecule has 0 saturated carbocycles. The van der Waals surface area contributed by atoms with Crippen LogP contribution in [0.2, 0.25) is 0 Å². The number of hydrogen-bond donors (Lipinski definition) is 3. The Balaban J connectivity index is 1.31. The van der Waals surface area contributed by atoms with Crippen LogP contribution >= 0.6 is 0 Å². The molecular weight excluding hydrogens is 452 g/mol. The van der Waals surface area contributed by atoms with Gasteiger partial charge < -0.3 is 20.5 Å². The molecule has 8 heteroatoms. The first kappa shape index (κ1) is 21.8. The molecule has 0 unspecified atom stereocenters. The second-order valence-corrected chi connectivity index (χ2v) is 8.90. The molecule has 1 aliphatic rings. The first-order valence-corrected chi connectivity index (χ1v) is 11.8. The van der Waals surface area contributed by atoms with E-state index in [0.717, 1.165) is 52.2 Å². The number of rotatable bonds is 3. The molecule has 0 fully saturated rings. The van der Waals surface area contributed by atoms with Crippen molar-refractivity contribution in [1.29, 1.82) is 0 Å². The van der Waals surface area contributed by atoms with Gasteiger partial charge in [0.05, 0.1) is 6.42 Å². The highest BCUT2D eigenvalue weighted by Crippen LogP contribution is 2.28. The van der Waals surface area contributed by atoms with Gasteiger partial charge in [-0.25, -0.2) is 4.98 Å². The Morgan fingerprint density at radius 1 is 1.00 bits per heavy atom. The van der Waals surface area contributed by atoms with Gasteiger partial charge in [0.15, 0.2) is 5.58 Å². The Morgan fingerprint density at radius 2 is 1.89 bits per heavy atom. The van der Waals surface area contributed by atoms with Gasteiger partial charge in [0.2, 0.25) is 11.9 Å². The second-order valence-electron chi connectivity index (χ2n) is 8.90. The number of fused-ring (bicyclic) bond motifs is 7. The van der Waals surface area contributed by atoms with Gasteiger partial charge >= 0.3 is 0 Å². The Labute approximate surface area is 207 Å². The van der Waals surface area contributed by atoms with E-state index in [4.69, 9.17) is 4.52 Å². The van der Waals surface area contributed by atoms with Gasteiger partial charge in [-0.2, -0.15) is 4.98 Å². The molecule has 6 bridgehead atoms. The van der Waals surface area contributed by atoms with E-state index in [2.05, 4.69) is 49.3 Å². The van der Waals surface area contributed by atoms with Crippen molar-refractivity contribution in [2.75, 3.05) is 16.0 Å². The molecule has 5 aromatic rings. The monoisotopic (exact) mass is 476 g/mol. The first-order valence-electron chi connectivity index (χ1n) is 11.8. The number of nitrogens with zero attached hydrogens (tertiary/aromatic N) is 3. The molecule has 8 nitrogen and oxygen atoms in total. The fourth-order valence-corrected chi connectivity index (χ4v) is 4.39. The van der Waals surface area contributed by atoms with Gasteiger partial charge in [0, 0.05) is 34.2 Å². The van der Waals surface area contributed by atoms with E-state index in [1.165, 1.54) is 5.56 Å². The summed E-state index contributed by atoms with van der Waals surface area (Å²) < 4.78 is 5.35. The predicted molar refractivity (Wildman–Crippen MR) is 140 cm³/mol. The van der Waals surface area contributed by atoms with Crippen LogP contribution in [0.5, 0.6) is 0 Å². The van der Waals surface area contributed by atoms with E-state index in [-0.39, 0.29) is 12.3 Å². The summed E-state index contributed by atoms with van der Waals surface area (Å²) in [7, 11) is 0. The largest absolute Gasteiger partial charge is 0.356 e. The number of carbonyl (C=O) groups is 1. The van der Waals surface area contributed by atoms with Crippen LogP contribution in [-0.2, 0) is 24.1 Å². The van der Waals surface area contributed by atoms with Crippen LogP contribution in [0, 0.1) is 6.92 Å². The van der Waals surface area contributed by atoms with E-state index in [1.54, 1.807) is 6.20 Å². The maximum atomic E-state index is 13.0. The molecule has 6 rings (SSSR count). The van der Waals surface area contributed by atoms with E-state index in [0.29, 0.717) is 17.2 Å². The number of para-hydroxylation sites is 1. The van der Waals surface area contributed by atoms with Crippen LogP contribution in [0.4, 0.5) is 28.8 Å². The van der Waals surface area contributed by atoms with E-state index in [1.807, 2.05) is 55.5 Å². The molecule has 3 aromatic carbocycles. The summed E-state index contributed by atoms with van der Waals surface area (Å²) >= 11 is 0. The number of aryl methyl sites for hydroxylation is 3. The minimum Gasteiger partial charge on any atom is -0.356 e. The summed E-state index contributed by atoms with van der Waals surface area (Å²) in [6, 6.07) is 21.7. The van der Waals surface area contributed by atoms with Gasteiger partial charge in [-0.15, -0.1) is 0 Å². The third-order valence-electron chi connectivity index (χ3n) is 6.26. The highest BCUT2D eigenvalue weighted by atomic mass is 16.5.